The Balaban J connectivity index is 1.67. The molecule has 0 radical (unpaired) electrons. The summed E-state index contributed by atoms with van der Waals surface area (Å²) in [6.07, 6.45) is 7.16. The van der Waals surface area contributed by atoms with Crippen LogP contribution in [0.4, 0.5) is 0 Å². The molecule has 2 aliphatic heterocycles. The molecule has 2 aliphatic rings. The third kappa shape index (κ3) is 2.90. The first-order valence-electron chi connectivity index (χ1n) is 6.13. The molecule has 82 valence electrons. The summed E-state index contributed by atoms with van der Waals surface area (Å²) in [6.45, 7) is 5.84. The fourth-order valence-electron chi connectivity index (χ4n) is 2.60. The third-order valence-corrected chi connectivity index (χ3v) is 5.07. The number of hydrogen-bond donors (Lipinski definition) is 1. The zero-order valence-corrected chi connectivity index (χ0v) is 10.3. The van der Waals surface area contributed by atoms with Crippen LogP contribution in [0.2, 0.25) is 0 Å². The van der Waals surface area contributed by atoms with Crippen LogP contribution in [0.25, 0.3) is 0 Å². The van der Waals surface area contributed by atoms with Crippen molar-refractivity contribution in [3.63, 3.8) is 0 Å². The van der Waals surface area contributed by atoms with Crippen molar-refractivity contribution >= 4 is 11.8 Å². The Kier molecular flexibility index (Phi) is 3.78. The molecule has 14 heavy (non-hydrogen) atoms. The van der Waals surface area contributed by atoms with Gasteiger partial charge >= 0.3 is 0 Å². The standard InChI is InChI=1S/C12H23NS/c1-9(2)5-6-13-10-7-11-3-4-12(8-10)14-11/h9-13H,3-8H2,1-2H3. The average molecular weight is 213 g/mol. The molecule has 2 rings (SSSR count). The van der Waals surface area contributed by atoms with Gasteiger partial charge in [-0.05, 0) is 44.6 Å². The molecule has 0 spiro atoms. The van der Waals surface area contributed by atoms with E-state index in [0.717, 1.165) is 22.5 Å². The summed E-state index contributed by atoms with van der Waals surface area (Å²) >= 11 is 2.26. The molecule has 1 nitrogen and oxygen atoms in total. The number of nitrogens with one attached hydrogen (secondary N) is 1. The Morgan fingerprint density at radius 1 is 1.21 bits per heavy atom. The lowest BCUT2D eigenvalue weighted by molar-refractivity contribution is 0.429. The van der Waals surface area contributed by atoms with Crippen LogP contribution in [0.1, 0.15) is 46.0 Å². The second kappa shape index (κ2) is 4.89. The van der Waals surface area contributed by atoms with Crippen molar-refractivity contribution in [1.82, 2.24) is 5.32 Å². The van der Waals surface area contributed by atoms with Gasteiger partial charge in [-0.3, -0.25) is 0 Å². The first-order chi connectivity index (χ1) is 6.74. The molecule has 2 bridgehead atoms. The van der Waals surface area contributed by atoms with Crippen molar-refractivity contribution in [1.29, 1.82) is 0 Å². The summed E-state index contributed by atoms with van der Waals surface area (Å²) < 4.78 is 0. The van der Waals surface area contributed by atoms with Crippen LogP contribution >= 0.6 is 11.8 Å². The smallest absolute Gasteiger partial charge is 0.00881 e. The highest BCUT2D eigenvalue weighted by Gasteiger charge is 2.34. The fourth-order valence-corrected chi connectivity index (χ4v) is 4.38. The second-order valence-corrected chi connectivity index (χ2v) is 6.87. The second-order valence-electron chi connectivity index (χ2n) is 5.26. The van der Waals surface area contributed by atoms with Gasteiger partial charge in [0, 0.05) is 16.5 Å². The third-order valence-electron chi connectivity index (χ3n) is 3.45. The first-order valence-corrected chi connectivity index (χ1v) is 7.07. The number of fused-ring (bicyclic) bond motifs is 2. The van der Waals surface area contributed by atoms with E-state index in [1.165, 1.54) is 38.6 Å². The molecular formula is C12H23NS. The lowest BCUT2D eigenvalue weighted by Gasteiger charge is -2.28. The number of rotatable bonds is 4. The lowest BCUT2D eigenvalue weighted by Crippen LogP contribution is -2.36. The highest BCUT2D eigenvalue weighted by molar-refractivity contribution is 8.00. The van der Waals surface area contributed by atoms with E-state index in [-0.39, 0.29) is 0 Å². The molecule has 0 aromatic rings. The Morgan fingerprint density at radius 2 is 1.86 bits per heavy atom. The Morgan fingerprint density at radius 3 is 2.43 bits per heavy atom. The molecule has 2 unspecified atom stereocenters. The highest BCUT2D eigenvalue weighted by atomic mass is 32.2. The van der Waals surface area contributed by atoms with Gasteiger partial charge in [-0.25, -0.2) is 0 Å². The highest BCUT2D eigenvalue weighted by Crippen LogP contribution is 2.43. The summed E-state index contributed by atoms with van der Waals surface area (Å²) in [5, 5.41) is 5.72. The minimum absolute atomic E-state index is 0.840. The van der Waals surface area contributed by atoms with Gasteiger partial charge in [-0.1, -0.05) is 13.8 Å². The number of thioether (sulfide) groups is 1. The van der Waals surface area contributed by atoms with Crippen LogP contribution in [0.5, 0.6) is 0 Å². The first kappa shape index (κ1) is 10.8. The summed E-state index contributed by atoms with van der Waals surface area (Å²) in [7, 11) is 0. The van der Waals surface area contributed by atoms with E-state index >= 15 is 0 Å². The summed E-state index contributed by atoms with van der Waals surface area (Å²) in [5.74, 6) is 0.845. The van der Waals surface area contributed by atoms with E-state index < -0.39 is 0 Å². The quantitative estimate of drug-likeness (QED) is 0.770. The maximum atomic E-state index is 3.74. The van der Waals surface area contributed by atoms with Crippen molar-refractivity contribution in [2.75, 3.05) is 6.54 Å². The predicted molar refractivity (Wildman–Crippen MR) is 64.9 cm³/mol. The fraction of sp³-hybridized carbons (Fsp3) is 1.00. The van der Waals surface area contributed by atoms with Crippen LogP contribution in [-0.4, -0.2) is 23.1 Å². The molecule has 0 amide bonds. The number of hydrogen-bond acceptors (Lipinski definition) is 2. The topological polar surface area (TPSA) is 12.0 Å². The minimum Gasteiger partial charge on any atom is -0.314 e. The van der Waals surface area contributed by atoms with Crippen LogP contribution in [-0.2, 0) is 0 Å². The molecule has 1 N–H and O–H groups in total. The van der Waals surface area contributed by atoms with Gasteiger partial charge < -0.3 is 5.32 Å². The maximum absolute atomic E-state index is 3.74. The van der Waals surface area contributed by atoms with Gasteiger partial charge in [0.05, 0.1) is 0 Å². The zero-order valence-electron chi connectivity index (χ0n) is 9.46. The van der Waals surface area contributed by atoms with Gasteiger partial charge in [-0.2, -0.15) is 11.8 Å². The van der Waals surface area contributed by atoms with E-state index in [4.69, 9.17) is 0 Å². The molecule has 2 fully saturated rings. The SMILES string of the molecule is CC(C)CCNC1CC2CCC(C1)S2. The van der Waals surface area contributed by atoms with Gasteiger partial charge in [0.1, 0.15) is 0 Å². The van der Waals surface area contributed by atoms with E-state index in [9.17, 15) is 0 Å². The van der Waals surface area contributed by atoms with Crippen molar-refractivity contribution in [2.24, 2.45) is 5.92 Å². The summed E-state index contributed by atoms with van der Waals surface area (Å²) in [5.41, 5.74) is 0. The van der Waals surface area contributed by atoms with Crippen molar-refractivity contribution < 1.29 is 0 Å². The van der Waals surface area contributed by atoms with Gasteiger partial charge in [-0.15, -0.1) is 0 Å². The molecule has 2 heterocycles. The lowest BCUT2D eigenvalue weighted by atomic mass is 10.1. The molecule has 2 atom stereocenters. The van der Waals surface area contributed by atoms with E-state index in [1.54, 1.807) is 0 Å². The summed E-state index contributed by atoms with van der Waals surface area (Å²) in [4.78, 5) is 0. The van der Waals surface area contributed by atoms with E-state index in [1.807, 2.05) is 0 Å². The van der Waals surface area contributed by atoms with Crippen LogP contribution in [0, 0.1) is 5.92 Å². The largest absolute Gasteiger partial charge is 0.314 e. The summed E-state index contributed by atoms with van der Waals surface area (Å²) in [6, 6.07) is 0.840. The molecule has 0 aromatic carbocycles. The van der Waals surface area contributed by atoms with Crippen molar-refractivity contribution in [2.45, 2.75) is 62.5 Å². The molecule has 0 saturated carbocycles. The minimum atomic E-state index is 0.840. The molecular weight excluding hydrogens is 190 g/mol. The van der Waals surface area contributed by atoms with Gasteiger partial charge in [0.15, 0.2) is 0 Å². The molecule has 0 aliphatic carbocycles. The van der Waals surface area contributed by atoms with Gasteiger partial charge in [0.2, 0.25) is 0 Å². The van der Waals surface area contributed by atoms with Crippen molar-refractivity contribution in [3.05, 3.63) is 0 Å². The van der Waals surface area contributed by atoms with Crippen molar-refractivity contribution in [3.8, 4) is 0 Å². The van der Waals surface area contributed by atoms with Crippen LogP contribution in [0.15, 0.2) is 0 Å². The maximum Gasteiger partial charge on any atom is 0.00881 e. The van der Waals surface area contributed by atoms with E-state index in [2.05, 4.69) is 30.9 Å². The van der Waals surface area contributed by atoms with Gasteiger partial charge in [0.25, 0.3) is 0 Å². The molecule has 2 saturated heterocycles. The van der Waals surface area contributed by atoms with Crippen LogP contribution < -0.4 is 5.32 Å². The Bertz CT molecular complexity index is 169. The molecule has 2 heteroatoms. The predicted octanol–water partition coefficient (Wildman–Crippen LogP) is 3.05. The Labute approximate surface area is 92.4 Å². The zero-order chi connectivity index (χ0) is 9.97. The van der Waals surface area contributed by atoms with Crippen LogP contribution in [0.3, 0.4) is 0 Å². The average Bonchev–Trinajstić information content (AvgIpc) is 2.45. The monoisotopic (exact) mass is 213 g/mol. The van der Waals surface area contributed by atoms with E-state index in [0.29, 0.717) is 0 Å². The Hall–Kier alpha value is 0.310. The normalized spacial score (nSPS) is 36.6. The molecule has 0 aromatic heterocycles.